The van der Waals surface area contributed by atoms with Crippen molar-refractivity contribution < 1.29 is 9.59 Å². The van der Waals surface area contributed by atoms with E-state index in [1.807, 2.05) is 0 Å². The predicted octanol–water partition coefficient (Wildman–Crippen LogP) is -0.150. The number of carbonyl (C=O) groups excluding carboxylic acids is 2. The van der Waals surface area contributed by atoms with Crippen molar-refractivity contribution in [2.24, 2.45) is 11.8 Å². The number of rotatable bonds is 1. The van der Waals surface area contributed by atoms with E-state index >= 15 is 0 Å². The van der Waals surface area contributed by atoms with Crippen LogP contribution in [-0.4, -0.2) is 18.0 Å². The Balaban J connectivity index is 2.04. The van der Waals surface area contributed by atoms with Gasteiger partial charge in [0.1, 0.15) is 6.04 Å². The number of imide groups is 1. The predicted molar refractivity (Wildman–Crippen MR) is 37.7 cm³/mol. The monoisotopic (exact) mass is 154 g/mol. The summed E-state index contributed by atoms with van der Waals surface area (Å²) in [4.78, 5) is 21.7. The zero-order chi connectivity index (χ0) is 8.01. The first kappa shape index (κ1) is 6.64. The van der Waals surface area contributed by atoms with Gasteiger partial charge in [0.15, 0.2) is 0 Å². The van der Waals surface area contributed by atoms with Gasteiger partial charge < -0.3 is 5.32 Å². The van der Waals surface area contributed by atoms with Crippen LogP contribution in [0.25, 0.3) is 0 Å². The lowest BCUT2D eigenvalue weighted by molar-refractivity contribution is -0.120. The van der Waals surface area contributed by atoms with E-state index in [1.165, 1.54) is 0 Å². The smallest absolute Gasteiger partial charge is 0.322 e. The van der Waals surface area contributed by atoms with Crippen molar-refractivity contribution in [3.05, 3.63) is 0 Å². The number of carbonyl (C=O) groups is 2. The quantitative estimate of drug-likeness (QED) is 0.516. The van der Waals surface area contributed by atoms with Gasteiger partial charge in [0.25, 0.3) is 5.91 Å². The zero-order valence-corrected chi connectivity index (χ0v) is 6.26. The third-order valence-electron chi connectivity index (χ3n) is 2.41. The van der Waals surface area contributed by atoms with Gasteiger partial charge in [-0.15, -0.1) is 0 Å². The molecule has 2 fully saturated rings. The van der Waals surface area contributed by atoms with E-state index in [9.17, 15) is 9.59 Å². The van der Waals surface area contributed by atoms with Crippen LogP contribution in [0, 0.1) is 11.8 Å². The molecule has 0 aromatic rings. The summed E-state index contributed by atoms with van der Waals surface area (Å²) in [6.45, 7) is 2.09. The van der Waals surface area contributed by atoms with Crippen LogP contribution in [0.4, 0.5) is 4.79 Å². The number of hydrogen-bond donors (Lipinski definition) is 2. The third-order valence-corrected chi connectivity index (χ3v) is 2.41. The second kappa shape index (κ2) is 1.96. The fourth-order valence-corrected chi connectivity index (χ4v) is 1.55. The second-order valence-corrected chi connectivity index (χ2v) is 3.32. The molecule has 0 bridgehead atoms. The molecule has 4 heteroatoms. The van der Waals surface area contributed by atoms with E-state index in [0.717, 1.165) is 6.42 Å². The van der Waals surface area contributed by atoms with E-state index in [2.05, 4.69) is 17.6 Å². The van der Waals surface area contributed by atoms with Crippen LogP contribution in [0.5, 0.6) is 0 Å². The Kier molecular flexibility index (Phi) is 1.19. The fourth-order valence-electron chi connectivity index (χ4n) is 1.55. The molecule has 1 aliphatic carbocycles. The molecule has 11 heavy (non-hydrogen) atoms. The maximum absolute atomic E-state index is 11.0. The first-order valence-electron chi connectivity index (χ1n) is 3.80. The van der Waals surface area contributed by atoms with Crippen molar-refractivity contribution in [2.45, 2.75) is 19.4 Å². The molecule has 0 radical (unpaired) electrons. The van der Waals surface area contributed by atoms with Crippen molar-refractivity contribution in [2.75, 3.05) is 0 Å². The van der Waals surface area contributed by atoms with Crippen molar-refractivity contribution in [1.29, 1.82) is 0 Å². The summed E-state index contributed by atoms with van der Waals surface area (Å²) in [5, 5.41) is 4.82. The Morgan fingerprint density at radius 1 is 1.45 bits per heavy atom. The Morgan fingerprint density at radius 3 is 2.45 bits per heavy atom. The summed E-state index contributed by atoms with van der Waals surface area (Å²) in [7, 11) is 0. The van der Waals surface area contributed by atoms with Gasteiger partial charge in [0.05, 0.1) is 0 Å². The number of hydrogen-bond acceptors (Lipinski definition) is 2. The highest BCUT2D eigenvalue weighted by Crippen LogP contribution is 2.41. The summed E-state index contributed by atoms with van der Waals surface area (Å²) in [5.41, 5.74) is 0. The second-order valence-electron chi connectivity index (χ2n) is 3.32. The molecule has 2 aliphatic rings. The standard InChI is InChI=1S/C7H10N2O2/c1-3-2-4(3)5-6(10)9-7(11)8-5/h3-5H,2H2,1H3,(H2,8,9,10,11). The van der Waals surface area contributed by atoms with Gasteiger partial charge in [-0.25, -0.2) is 4.79 Å². The molecule has 4 nitrogen and oxygen atoms in total. The molecular weight excluding hydrogens is 144 g/mol. The molecule has 3 amide bonds. The Bertz CT molecular complexity index is 226. The first-order chi connectivity index (χ1) is 5.18. The molecule has 2 N–H and O–H groups in total. The summed E-state index contributed by atoms with van der Waals surface area (Å²) in [6.07, 6.45) is 1.05. The summed E-state index contributed by atoms with van der Waals surface area (Å²) in [6, 6.07) is -0.600. The lowest BCUT2D eigenvalue weighted by Gasteiger charge is -2.02. The topological polar surface area (TPSA) is 58.2 Å². The van der Waals surface area contributed by atoms with Crippen molar-refractivity contribution in [3.63, 3.8) is 0 Å². The van der Waals surface area contributed by atoms with Crippen molar-refractivity contribution in [1.82, 2.24) is 10.6 Å². The van der Waals surface area contributed by atoms with Gasteiger partial charge in [-0.05, 0) is 18.3 Å². The molecule has 0 spiro atoms. The van der Waals surface area contributed by atoms with Crippen LogP contribution in [0.15, 0.2) is 0 Å². The average molecular weight is 154 g/mol. The van der Waals surface area contributed by atoms with Crippen LogP contribution in [0.2, 0.25) is 0 Å². The highest BCUT2D eigenvalue weighted by molar-refractivity contribution is 6.04. The van der Waals surface area contributed by atoms with Gasteiger partial charge >= 0.3 is 6.03 Å². The highest BCUT2D eigenvalue weighted by atomic mass is 16.2. The van der Waals surface area contributed by atoms with Gasteiger partial charge in [0, 0.05) is 0 Å². The Labute approximate surface area is 64.3 Å². The minimum Gasteiger partial charge on any atom is -0.326 e. The highest BCUT2D eigenvalue weighted by Gasteiger charge is 2.46. The van der Waals surface area contributed by atoms with Gasteiger partial charge in [-0.2, -0.15) is 0 Å². The average Bonchev–Trinajstić information content (AvgIpc) is 2.52. The molecule has 3 unspecified atom stereocenters. The lowest BCUT2D eigenvalue weighted by atomic mass is 10.1. The lowest BCUT2D eigenvalue weighted by Crippen LogP contribution is -2.31. The SMILES string of the molecule is CC1CC1C1NC(=O)NC1=O. The van der Waals surface area contributed by atoms with Crippen LogP contribution >= 0.6 is 0 Å². The molecule has 3 atom stereocenters. The van der Waals surface area contributed by atoms with E-state index in [0.29, 0.717) is 11.8 Å². The number of amides is 3. The van der Waals surface area contributed by atoms with Crippen molar-refractivity contribution >= 4 is 11.9 Å². The number of nitrogens with one attached hydrogen (secondary N) is 2. The van der Waals surface area contributed by atoms with Crippen molar-refractivity contribution in [3.8, 4) is 0 Å². The van der Waals surface area contributed by atoms with Crippen LogP contribution in [0.3, 0.4) is 0 Å². The molecule has 0 aromatic carbocycles. The summed E-state index contributed by atoms with van der Waals surface area (Å²) in [5.74, 6) is 0.801. The van der Waals surface area contributed by atoms with E-state index in [1.54, 1.807) is 0 Å². The molecule has 60 valence electrons. The third kappa shape index (κ3) is 0.982. The van der Waals surface area contributed by atoms with Crippen LogP contribution in [0.1, 0.15) is 13.3 Å². The van der Waals surface area contributed by atoms with Gasteiger partial charge in [-0.1, -0.05) is 6.92 Å². The van der Waals surface area contributed by atoms with Gasteiger partial charge in [0.2, 0.25) is 0 Å². The van der Waals surface area contributed by atoms with Gasteiger partial charge in [-0.3, -0.25) is 10.1 Å². The largest absolute Gasteiger partial charge is 0.326 e. The molecule has 1 aliphatic heterocycles. The first-order valence-corrected chi connectivity index (χ1v) is 3.80. The maximum atomic E-state index is 11.0. The van der Waals surface area contributed by atoms with Crippen LogP contribution < -0.4 is 10.6 Å². The molecular formula is C7H10N2O2. The fraction of sp³-hybridized carbons (Fsp3) is 0.714. The zero-order valence-electron chi connectivity index (χ0n) is 6.26. The number of urea groups is 1. The molecule has 2 rings (SSSR count). The Hall–Kier alpha value is -1.06. The molecule has 1 saturated carbocycles. The van der Waals surface area contributed by atoms with Crippen LogP contribution in [-0.2, 0) is 4.79 Å². The summed E-state index contributed by atoms with van der Waals surface area (Å²) < 4.78 is 0. The molecule has 0 aromatic heterocycles. The molecule has 1 heterocycles. The maximum Gasteiger partial charge on any atom is 0.322 e. The summed E-state index contributed by atoms with van der Waals surface area (Å²) >= 11 is 0. The van der Waals surface area contributed by atoms with E-state index < -0.39 is 0 Å². The normalized spacial score (nSPS) is 41.7. The minimum atomic E-state index is -0.348. The molecule has 1 saturated heterocycles. The Morgan fingerprint density at radius 2 is 2.09 bits per heavy atom. The van der Waals surface area contributed by atoms with E-state index in [-0.39, 0.29) is 18.0 Å². The van der Waals surface area contributed by atoms with E-state index in [4.69, 9.17) is 0 Å². The minimum absolute atomic E-state index is 0.163.